The van der Waals surface area contributed by atoms with E-state index < -0.39 is 17.6 Å². The number of alkyl halides is 3. The Morgan fingerprint density at radius 2 is 1.83 bits per heavy atom. The number of rotatable bonds is 4. The predicted octanol–water partition coefficient (Wildman–Crippen LogP) is 5.90. The van der Waals surface area contributed by atoms with E-state index in [1.165, 1.54) is 18.2 Å². The number of hydrogen-bond donors (Lipinski definition) is 2. The summed E-state index contributed by atoms with van der Waals surface area (Å²) < 4.78 is 38.4. The molecule has 0 saturated heterocycles. The number of H-pyrrole nitrogens is 1. The average molecular weight is 407 g/mol. The topological polar surface area (TPSA) is 57.8 Å². The first-order valence-electron chi connectivity index (χ1n) is 9.08. The van der Waals surface area contributed by atoms with Crippen LogP contribution in [-0.2, 0) is 11.0 Å². The smallest absolute Gasteiger partial charge is 0.346 e. The Bertz CT molecular complexity index is 1240. The van der Waals surface area contributed by atoms with E-state index in [1.807, 2.05) is 42.6 Å². The second-order valence-corrected chi connectivity index (χ2v) is 6.67. The van der Waals surface area contributed by atoms with Gasteiger partial charge in [0.05, 0.1) is 5.56 Å². The molecule has 4 aromatic rings. The van der Waals surface area contributed by atoms with Gasteiger partial charge in [-0.3, -0.25) is 4.79 Å². The van der Waals surface area contributed by atoms with Crippen molar-refractivity contribution in [1.29, 1.82) is 0 Å². The van der Waals surface area contributed by atoms with Crippen LogP contribution in [0, 0.1) is 0 Å². The Hall–Kier alpha value is -3.87. The molecule has 2 aromatic heterocycles. The standard InChI is InChI=1S/C23H16F3N3O/c24-23(25,26)19-5-2-6-20(13-19)29-21(30)8-7-15-3-1-4-16(11-15)18-12-17-9-10-27-22(17)28-14-18/h1-14H,(H,27,28)(H,29,30). The van der Waals surface area contributed by atoms with Gasteiger partial charge >= 0.3 is 6.18 Å². The third kappa shape index (κ3) is 4.41. The molecular weight excluding hydrogens is 391 g/mol. The number of aromatic amines is 1. The summed E-state index contributed by atoms with van der Waals surface area (Å²) in [5, 5.41) is 3.44. The number of aromatic nitrogens is 2. The largest absolute Gasteiger partial charge is 0.416 e. The van der Waals surface area contributed by atoms with Crippen LogP contribution in [0.2, 0.25) is 0 Å². The summed E-state index contributed by atoms with van der Waals surface area (Å²) in [7, 11) is 0. The van der Waals surface area contributed by atoms with Crippen LogP contribution in [0.5, 0.6) is 0 Å². The van der Waals surface area contributed by atoms with E-state index in [-0.39, 0.29) is 5.69 Å². The molecule has 7 heteroatoms. The van der Waals surface area contributed by atoms with Gasteiger partial charge in [0.2, 0.25) is 5.91 Å². The number of amides is 1. The first kappa shape index (κ1) is 19.4. The molecule has 0 atom stereocenters. The summed E-state index contributed by atoms with van der Waals surface area (Å²) in [6, 6.07) is 16.0. The zero-order chi connectivity index (χ0) is 21.1. The van der Waals surface area contributed by atoms with Gasteiger partial charge in [0.1, 0.15) is 5.65 Å². The van der Waals surface area contributed by atoms with Crippen LogP contribution in [-0.4, -0.2) is 15.9 Å². The Kier molecular flexibility index (Phi) is 5.10. The summed E-state index contributed by atoms with van der Waals surface area (Å²) in [6.07, 6.45) is 2.02. The van der Waals surface area contributed by atoms with Crippen molar-refractivity contribution in [2.75, 3.05) is 5.32 Å². The SMILES string of the molecule is O=C(C=Cc1cccc(-c2cnc3[nH]ccc3c2)c1)Nc1cccc(C(F)(F)F)c1. The number of fused-ring (bicyclic) bond motifs is 1. The molecule has 2 heterocycles. The number of hydrogen-bond acceptors (Lipinski definition) is 2. The molecule has 150 valence electrons. The van der Waals surface area contributed by atoms with Crippen molar-refractivity contribution < 1.29 is 18.0 Å². The van der Waals surface area contributed by atoms with Crippen molar-refractivity contribution >= 4 is 28.7 Å². The highest BCUT2D eigenvalue weighted by Gasteiger charge is 2.30. The molecule has 0 saturated carbocycles. The third-order valence-electron chi connectivity index (χ3n) is 4.50. The van der Waals surface area contributed by atoms with E-state index in [9.17, 15) is 18.0 Å². The molecule has 0 unspecified atom stereocenters. The number of carbonyl (C=O) groups is 1. The van der Waals surface area contributed by atoms with Crippen molar-refractivity contribution in [1.82, 2.24) is 9.97 Å². The molecule has 2 N–H and O–H groups in total. The maximum absolute atomic E-state index is 12.8. The molecule has 0 aliphatic heterocycles. The van der Waals surface area contributed by atoms with E-state index in [2.05, 4.69) is 15.3 Å². The maximum atomic E-state index is 12.8. The van der Waals surface area contributed by atoms with Gasteiger partial charge in [0.25, 0.3) is 0 Å². The van der Waals surface area contributed by atoms with Gasteiger partial charge in [-0.25, -0.2) is 4.98 Å². The van der Waals surface area contributed by atoms with Crippen molar-refractivity contribution in [2.24, 2.45) is 0 Å². The summed E-state index contributed by atoms with van der Waals surface area (Å²) in [4.78, 5) is 19.5. The van der Waals surface area contributed by atoms with E-state index >= 15 is 0 Å². The zero-order valence-corrected chi connectivity index (χ0v) is 15.6. The van der Waals surface area contributed by atoms with Gasteiger partial charge in [0.15, 0.2) is 0 Å². The lowest BCUT2D eigenvalue weighted by molar-refractivity contribution is -0.137. The van der Waals surface area contributed by atoms with Crippen molar-refractivity contribution in [2.45, 2.75) is 6.18 Å². The van der Waals surface area contributed by atoms with Crippen LogP contribution in [0.4, 0.5) is 18.9 Å². The Morgan fingerprint density at radius 3 is 2.67 bits per heavy atom. The molecular formula is C23H16F3N3O. The van der Waals surface area contributed by atoms with E-state index in [0.717, 1.165) is 39.9 Å². The molecule has 0 fully saturated rings. The van der Waals surface area contributed by atoms with E-state index in [4.69, 9.17) is 0 Å². The van der Waals surface area contributed by atoms with Crippen molar-refractivity contribution in [3.63, 3.8) is 0 Å². The molecule has 4 nitrogen and oxygen atoms in total. The summed E-state index contributed by atoms with van der Waals surface area (Å²) >= 11 is 0. The fourth-order valence-electron chi connectivity index (χ4n) is 3.05. The number of nitrogens with zero attached hydrogens (tertiary/aromatic N) is 1. The van der Waals surface area contributed by atoms with Crippen LogP contribution in [0.3, 0.4) is 0 Å². The summed E-state index contributed by atoms with van der Waals surface area (Å²) in [5.41, 5.74) is 2.72. The number of nitrogens with one attached hydrogen (secondary N) is 2. The van der Waals surface area contributed by atoms with Gasteiger partial charge in [-0.1, -0.05) is 24.3 Å². The Morgan fingerprint density at radius 1 is 1.00 bits per heavy atom. The minimum Gasteiger partial charge on any atom is -0.346 e. The first-order chi connectivity index (χ1) is 14.4. The van der Waals surface area contributed by atoms with Crippen LogP contribution in [0.25, 0.3) is 28.2 Å². The third-order valence-corrected chi connectivity index (χ3v) is 4.50. The molecule has 0 spiro atoms. The highest BCUT2D eigenvalue weighted by Crippen LogP contribution is 2.30. The molecule has 0 aliphatic rings. The fourth-order valence-corrected chi connectivity index (χ4v) is 3.05. The number of benzene rings is 2. The van der Waals surface area contributed by atoms with Crippen molar-refractivity contribution in [3.05, 3.63) is 90.3 Å². The van der Waals surface area contributed by atoms with Crippen LogP contribution in [0.15, 0.2) is 79.1 Å². The normalized spacial score (nSPS) is 11.8. The van der Waals surface area contributed by atoms with Gasteiger partial charge in [-0.2, -0.15) is 13.2 Å². The molecule has 0 bridgehead atoms. The Labute approximate surface area is 170 Å². The van der Waals surface area contributed by atoms with Gasteiger partial charge in [-0.05, 0) is 53.6 Å². The van der Waals surface area contributed by atoms with E-state index in [0.29, 0.717) is 0 Å². The molecule has 1 amide bonds. The lowest BCUT2D eigenvalue weighted by Gasteiger charge is -2.08. The van der Waals surface area contributed by atoms with Crippen molar-refractivity contribution in [3.8, 4) is 11.1 Å². The Balaban J connectivity index is 1.49. The number of pyridine rings is 1. The quantitative estimate of drug-likeness (QED) is 0.414. The monoisotopic (exact) mass is 407 g/mol. The predicted molar refractivity (Wildman–Crippen MR) is 111 cm³/mol. The maximum Gasteiger partial charge on any atom is 0.416 e. The zero-order valence-electron chi connectivity index (χ0n) is 15.6. The molecule has 0 radical (unpaired) electrons. The minimum atomic E-state index is -4.46. The number of halogens is 3. The lowest BCUT2D eigenvalue weighted by atomic mass is 10.0. The van der Waals surface area contributed by atoms with Crippen LogP contribution in [0.1, 0.15) is 11.1 Å². The highest BCUT2D eigenvalue weighted by molar-refractivity contribution is 6.02. The second-order valence-electron chi connectivity index (χ2n) is 6.67. The second kappa shape index (κ2) is 7.87. The van der Waals surface area contributed by atoms with Gasteiger partial charge in [-0.15, -0.1) is 0 Å². The summed E-state index contributed by atoms with van der Waals surface area (Å²) in [6.45, 7) is 0. The first-order valence-corrected chi connectivity index (χ1v) is 9.08. The summed E-state index contributed by atoms with van der Waals surface area (Å²) in [5.74, 6) is -0.518. The molecule has 2 aromatic carbocycles. The number of carbonyl (C=O) groups excluding carboxylic acids is 1. The van der Waals surface area contributed by atoms with Gasteiger partial charge in [0, 0.05) is 35.1 Å². The van der Waals surface area contributed by atoms with Crippen LogP contribution < -0.4 is 5.32 Å². The minimum absolute atomic E-state index is 0.0825. The molecule has 4 rings (SSSR count). The number of anilines is 1. The fraction of sp³-hybridized carbons (Fsp3) is 0.0435. The van der Waals surface area contributed by atoms with Crippen LogP contribution >= 0.6 is 0 Å². The molecule has 0 aliphatic carbocycles. The highest BCUT2D eigenvalue weighted by atomic mass is 19.4. The van der Waals surface area contributed by atoms with E-state index in [1.54, 1.807) is 12.3 Å². The average Bonchev–Trinajstić information content (AvgIpc) is 3.20. The van der Waals surface area contributed by atoms with Gasteiger partial charge < -0.3 is 10.3 Å². The lowest BCUT2D eigenvalue weighted by Crippen LogP contribution is -2.10. The molecule has 30 heavy (non-hydrogen) atoms.